The molecule has 2 unspecified atom stereocenters. The molecular formula is C10H22N2O4S2. The number of nitrogens with one attached hydrogen (secondary N) is 1. The molecule has 1 rings (SSSR count). The highest BCUT2D eigenvalue weighted by atomic mass is 32.2. The van der Waals surface area contributed by atoms with Gasteiger partial charge in [0.1, 0.15) is 9.84 Å². The molecule has 0 aliphatic heterocycles. The van der Waals surface area contributed by atoms with Crippen LogP contribution in [0.25, 0.3) is 0 Å². The molecule has 1 saturated carbocycles. The van der Waals surface area contributed by atoms with Crippen molar-refractivity contribution >= 4 is 19.9 Å². The largest absolute Gasteiger partial charge is 0.330 e. The summed E-state index contributed by atoms with van der Waals surface area (Å²) in [6.07, 6.45) is 4.79. The molecule has 18 heavy (non-hydrogen) atoms. The minimum Gasteiger partial charge on any atom is -0.330 e. The first-order chi connectivity index (χ1) is 8.23. The molecule has 0 radical (unpaired) electrons. The van der Waals surface area contributed by atoms with Crippen LogP contribution in [-0.4, -0.2) is 47.2 Å². The molecule has 0 aromatic carbocycles. The molecule has 2 atom stereocenters. The molecule has 8 heteroatoms. The van der Waals surface area contributed by atoms with Crippen molar-refractivity contribution in [3.63, 3.8) is 0 Å². The van der Waals surface area contributed by atoms with Crippen molar-refractivity contribution in [1.82, 2.24) is 4.72 Å². The van der Waals surface area contributed by atoms with Gasteiger partial charge in [-0.3, -0.25) is 0 Å². The zero-order valence-corrected chi connectivity index (χ0v) is 12.3. The maximum Gasteiger partial charge on any atom is 0.212 e. The summed E-state index contributed by atoms with van der Waals surface area (Å²) in [5.41, 5.74) is 5.63. The molecule has 0 aromatic rings. The lowest BCUT2D eigenvalue weighted by atomic mass is 9.85. The van der Waals surface area contributed by atoms with Gasteiger partial charge in [-0.1, -0.05) is 12.8 Å². The van der Waals surface area contributed by atoms with Gasteiger partial charge >= 0.3 is 0 Å². The second-order valence-corrected chi connectivity index (χ2v) is 9.09. The maximum absolute atomic E-state index is 11.8. The molecule has 0 aromatic heterocycles. The summed E-state index contributed by atoms with van der Waals surface area (Å²) in [4.78, 5) is 0. The zero-order chi connectivity index (χ0) is 13.8. The van der Waals surface area contributed by atoms with E-state index in [2.05, 4.69) is 4.72 Å². The molecule has 1 fully saturated rings. The van der Waals surface area contributed by atoms with Crippen molar-refractivity contribution in [2.45, 2.75) is 31.7 Å². The summed E-state index contributed by atoms with van der Waals surface area (Å²) in [5, 5.41) is 0. The first kappa shape index (κ1) is 15.9. The van der Waals surface area contributed by atoms with Crippen molar-refractivity contribution in [1.29, 1.82) is 0 Å². The average molecular weight is 298 g/mol. The third kappa shape index (κ3) is 5.64. The van der Waals surface area contributed by atoms with Gasteiger partial charge in [0.15, 0.2) is 0 Å². The number of rotatable bonds is 6. The molecule has 3 N–H and O–H groups in total. The first-order valence-electron chi connectivity index (χ1n) is 6.11. The summed E-state index contributed by atoms with van der Waals surface area (Å²) >= 11 is 0. The summed E-state index contributed by atoms with van der Waals surface area (Å²) in [6.45, 7) is 0.458. The second-order valence-electron chi connectivity index (χ2n) is 4.95. The molecule has 6 nitrogen and oxygen atoms in total. The average Bonchev–Trinajstić information content (AvgIpc) is 2.26. The number of hydrogen-bond donors (Lipinski definition) is 2. The van der Waals surface area contributed by atoms with Crippen LogP contribution in [0, 0.1) is 5.92 Å². The highest BCUT2D eigenvalue weighted by Crippen LogP contribution is 2.24. The van der Waals surface area contributed by atoms with Gasteiger partial charge in [0.2, 0.25) is 10.0 Å². The van der Waals surface area contributed by atoms with Crippen LogP contribution in [0.15, 0.2) is 0 Å². The topological polar surface area (TPSA) is 106 Å². The Labute approximate surface area is 109 Å². The number of nitrogens with two attached hydrogens (primary N) is 1. The molecule has 108 valence electrons. The van der Waals surface area contributed by atoms with Gasteiger partial charge in [-0.15, -0.1) is 0 Å². The van der Waals surface area contributed by atoms with Crippen molar-refractivity contribution in [2.24, 2.45) is 11.7 Å². The molecule has 0 bridgehead atoms. The van der Waals surface area contributed by atoms with Crippen LogP contribution in [0.4, 0.5) is 0 Å². The van der Waals surface area contributed by atoms with Crippen LogP contribution >= 0.6 is 0 Å². The molecule has 0 spiro atoms. The van der Waals surface area contributed by atoms with Gasteiger partial charge in [-0.25, -0.2) is 21.6 Å². The molecule has 1 aliphatic rings. The molecule has 0 heterocycles. The Morgan fingerprint density at radius 3 is 2.28 bits per heavy atom. The Hall–Kier alpha value is -0.180. The van der Waals surface area contributed by atoms with Gasteiger partial charge in [0.05, 0.1) is 11.5 Å². The minimum atomic E-state index is -3.54. The third-order valence-corrected chi connectivity index (χ3v) is 5.87. The van der Waals surface area contributed by atoms with Crippen LogP contribution in [0.3, 0.4) is 0 Å². The Morgan fingerprint density at radius 1 is 1.11 bits per heavy atom. The van der Waals surface area contributed by atoms with Crippen molar-refractivity contribution in [3.8, 4) is 0 Å². The van der Waals surface area contributed by atoms with E-state index in [0.29, 0.717) is 6.54 Å². The van der Waals surface area contributed by atoms with E-state index in [1.165, 1.54) is 0 Å². The quantitative estimate of drug-likeness (QED) is 0.685. The fraction of sp³-hybridized carbons (Fsp3) is 1.00. The molecular weight excluding hydrogens is 276 g/mol. The van der Waals surface area contributed by atoms with Gasteiger partial charge in [0, 0.05) is 12.3 Å². The zero-order valence-electron chi connectivity index (χ0n) is 10.6. The summed E-state index contributed by atoms with van der Waals surface area (Å²) in [5.74, 6) is -0.561. The van der Waals surface area contributed by atoms with E-state index in [-0.39, 0.29) is 23.5 Å². The third-order valence-electron chi connectivity index (χ3n) is 3.27. The van der Waals surface area contributed by atoms with E-state index in [1.807, 2.05) is 0 Å². The van der Waals surface area contributed by atoms with Crippen molar-refractivity contribution < 1.29 is 16.8 Å². The van der Waals surface area contributed by atoms with Crippen molar-refractivity contribution in [3.05, 3.63) is 0 Å². The SMILES string of the molecule is CS(=O)(=O)CCS(=O)(=O)NC1CCCCC1CN. The van der Waals surface area contributed by atoms with Crippen LogP contribution < -0.4 is 10.5 Å². The van der Waals surface area contributed by atoms with Crippen LogP contribution in [0.5, 0.6) is 0 Å². The van der Waals surface area contributed by atoms with Crippen LogP contribution in [-0.2, 0) is 19.9 Å². The van der Waals surface area contributed by atoms with E-state index in [0.717, 1.165) is 31.9 Å². The van der Waals surface area contributed by atoms with Crippen molar-refractivity contribution in [2.75, 3.05) is 24.3 Å². The second kappa shape index (κ2) is 6.31. The normalized spacial score (nSPS) is 26.1. The van der Waals surface area contributed by atoms with E-state index in [4.69, 9.17) is 5.73 Å². The van der Waals surface area contributed by atoms with E-state index in [9.17, 15) is 16.8 Å². The Balaban J connectivity index is 2.58. The summed E-state index contributed by atoms with van der Waals surface area (Å²) < 4.78 is 48.1. The fourth-order valence-electron chi connectivity index (χ4n) is 2.20. The molecule has 1 aliphatic carbocycles. The lowest BCUT2D eigenvalue weighted by molar-refractivity contribution is 0.296. The van der Waals surface area contributed by atoms with Crippen LogP contribution in [0.1, 0.15) is 25.7 Å². The van der Waals surface area contributed by atoms with E-state index in [1.54, 1.807) is 0 Å². The van der Waals surface area contributed by atoms with Gasteiger partial charge in [-0.05, 0) is 25.3 Å². The van der Waals surface area contributed by atoms with E-state index < -0.39 is 19.9 Å². The predicted octanol–water partition coefficient (Wildman–Crippen LogP) is -0.532. The lowest BCUT2D eigenvalue weighted by Gasteiger charge is -2.30. The van der Waals surface area contributed by atoms with E-state index >= 15 is 0 Å². The van der Waals surface area contributed by atoms with Gasteiger partial charge in [-0.2, -0.15) is 0 Å². The fourth-order valence-corrected chi connectivity index (χ4v) is 5.17. The monoisotopic (exact) mass is 298 g/mol. The summed E-state index contributed by atoms with van der Waals surface area (Å²) in [7, 11) is -6.80. The van der Waals surface area contributed by atoms with Gasteiger partial charge in [0.25, 0.3) is 0 Å². The number of sulfonamides is 1. The minimum absolute atomic E-state index is 0.145. The standard InChI is InChI=1S/C10H22N2O4S2/c1-17(13,14)6-7-18(15,16)12-10-5-3-2-4-9(10)8-11/h9-10,12H,2-8,11H2,1H3. The molecule has 0 amide bonds. The van der Waals surface area contributed by atoms with Gasteiger partial charge < -0.3 is 5.73 Å². The Bertz CT molecular complexity index is 458. The smallest absolute Gasteiger partial charge is 0.212 e. The van der Waals surface area contributed by atoms with Crippen LogP contribution in [0.2, 0.25) is 0 Å². The first-order valence-corrected chi connectivity index (χ1v) is 9.82. The number of sulfone groups is 1. The highest BCUT2D eigenvalue weighted by molar-refractivity contribution is 7.93. The number of hydrogen-bond acceptors (Lipinski definition) is 5. The Kier molecular flexibility index (Phi) is 5.57. The maximum atomic E-state index is 11.8. The Morgan fingerprint density at radius 2 is 1.72 bits per heavy atom. The predicted molar refractivity (Wildman–Crippen MR) is 71.4 cm³/mol. The lowest BCUT2D eigenvalue weighted by Crippen LogP contribution is -2.46. The summed E-state index contributed by atoms with van der Waals surface area (Å²) in [6, 6.07) is -0.145. The molecule has 0 saturated heterocycles. The highest BCUT2D eigenvalue weighted by Gasteiger charge is 2.28.